The van der Waals surface area contributed by atoms with Gasteiger partial charge >= 0.3 is 0 Å². The van der Waals surface area contributed by atoms with Gasteiger partial charge in [0.25, 0.3) is 5.56 Å². The average Bonchev–Trinajstić information content (AvgIpc) is 3.07. The molecule has 5 rings (SSSR count). The van der Waals surface area contributed by atoms with Crippen molar-refractivity contribution in [2.75, 3.05) is 0 Å². The highest BCUT2D eigenvalue weighted by atomic mass is 16.1. The number of hydrogen-bond acceptors (Lipinski definition) is 4. The average molecular weight is 412 g/mol. The van der Waals surface area contributed by atoms with Crippen LogP contribution in [0.25, 0.3) is 33.2 Å². The van der Waals surface area contributed by atoms with E-state index >= 15 is 0 Å². The Balaban J connectivity index is 1.74. The lowest BCUT2D eigenvalue weighted by atomic mass is 10.1. The largest absolute Gasteiger partial charge is 0.308 e. The van der Waals surface area contributed by atoms with Crippen LogP contribution in [0.15, 0.2) is 59.7 Å². The first kappa shape index (κ1) is 19.4. The van der Waals surface area contributed by atoms with Crippen LogP contribution < -0.4 is 5.56 Å². The van der Waals surface area contributed by atoms with E-state index in [9.17, 15) is 4.79 Å². The number of benzene rings is 2. The van der Waals surface area contributed by atoms with Gasteiger partial charge in [-0.2, -0.15) is 0 Å². The van der Waals surface area contributed by atoms with Gasteiger partial charge in [-0.05, 0) is 37.0 Å². The lowest BCUT2D eigenvalue weighted by Gasteiger charge is -2.09. The summed E-state index contributed by atoms with van der Waals surface area (Å²) in [5.41, 5.74) is 5.81. The molecule has 0 radical (unpaired) electrons. The lowest BCUT2D eigenvalue weighted by molar-refractivity contribution is 0.528. The van der Waals surface area contributed by atoms with Crippen LogP contribution in [-0.4, -0.2) is 24.1 Å². The number of nitrogens with zero attached hydrogens (tertiary/aromatic N) is 5. The van der Waals surface area contributed by atoms with Crippen LogP contribution in [0.4, 0.5) is 0 Å². The second kappa shape index (κ2) is 7.61. The van der Waals surface area contributed by atoms with Gasteiger partial charge in [0.2, 0.25) is 0 Å². The first-order valence-corrected chi connectivity index (χ1v) is 10.7. The van der Waals surface area contributed by atoms with Crippen molar-refractivity contribution in [2.45, 2.75) is 40.3 Å². The first-order valence-electron chi connectivity index (χ1n) is 10.7. The molecule has 0 aliphatic heterocycles. The molecule has 2 aromatic carbocycles. The van der Waals surface area contributed by atoms with E-state index in [1.807, 2.05) is 36.4 Å². The predicted octanol–water partition coefficient (Wildman–Crippen LogP) is 4.70. The summed E-state index contributed by atoms with van der Waals surface area (Å²) in [6.07, 6.45) is 2.62. The van der Waals surface area contributed by atoms with Crippen LogP contribution in [0, 0.1) is 12.8 Å². The molecule has 3 heterocycles. The molecule has 0 atom stereocenters. The molecule has 0 fully saturated rings. The maximum absolute atomic E-state index is 13.5. The third-order valence-corrected chi connectivity index (χ3v) is 5.72. The fourth-order valence-electron chi connectivity index (χ4n) is 3.94. The summed E-state index contributed by atoms with van der Waals surface area (Å²) in [7, 11) is 0. The standard InChI is InChI=1S/C25H25N5O/c1-16(2)12-13-30-23-21(22-24(30)28-20-7-5-4-6-19(20)27-22)25(31)29(15-26-23)14-18-10-8-17(3)9-11-18/h4-11,15-16H,12-14H2,1-3H3. The highest BCUT2D eigenvalue weighted by Crippen LogP contribution is 2.25. The minimum Gasteiger partial charge on any atom is -0.308 e. The van der Waals surface area contributed by atoms with Crippen molar-refractivity contribution in [3.63, 3.8) is 0 Å². The van der Waals surface area contributed by atoms with Crippen molar-refractivity contribution < 1.29 is 0 Å². The maximum atomic E-state index is 13.5. The van der Waals surface area contributed by atoms with Gasteiger partial charge in [0, 0.05) is 6.54 Å². The van der Waals surface area contributed by atoms with E-state index in [1.54, 1.807) is 10.9 Å². The Morgan fingerprint density at radius 3 is 2.35 bits per heavy atom. The van der Waals surface area contributed by atoms with Crippen molar-refractivity contribution in [1.29, 1.82) is 0 Å². The highest BCUT2D eigenvalue weighted by molar-refractivity contribution is 6.04. The molecule has 0 unspecified atom stereocenters. The zero-order valence-corrected chi connectivity index (χ0v) is 18.0. The van der Waals surface area contributed by atoms with Gasteiger partial charge in [0.1, 0.15) is 17.2 Å². The Morgan fingerprint density at radius 1 is 0.935 bits per heavy atom. The summed E-state index contributed by atoms with van der Waals surface area (Å²) in [6, 6.07) is 16.0. The van der Waals surface area contributed by atoms with Crippen molar-refractivity contribution in [2.24, 2.45) is 5.92 Å². The molecule has 6 heteroatoms. The van der Waals surface area contributed by atoms with Gasteiger partial charge in [-0.15, -0.1) is 0 Å². The molecule has 0 spiro atoms. The van der Waals surface area contributed by atoms with Crippen molar-refractivity contribution in [3.05, 3.63) is 76.3 Å². The zero-order valence-electron chi connectivity index (χ0n) is 18.0. The fourth-order valence-corrected chi connectivity index (χ4v) is 3.94. The highest BCUT2D eigenvalue weighted by Gasteiger charge is 2.20. The summed E-state index contributed by atoms with van der Waals surface area (Å²) < 4.78 is 3.72. The third kappa shape index (κ3) is 3.48. The van der Waals surface area contributed by atoms with Crippen LogP contribution >= 0.6 is 0 Å². The SMILES string of the molecule is Cc1ccc(Cn2cnc3c(c2=O)c2nc4ccccc4nc2n3CCC(C)C)cc1. The quantitative estimate of drug-likeness (QED) is 0.421. The molecule has 5 aromatic rings. The van der Waals surface area contributed by atoms with Crippen molar-refractivity contribution >= 4 is 33.2 Å². The van der Waals surface area contributed by atoms with Crippen molar-refractivity contribution in [3.8, 4) is 0 Å². The minimum absolute atomic E-state index is 0.0801. The Labute approximate surface area is 180 Å². The molecular weight excluding hydrogens is 386 g/mol. The number of hydrogen-bond donors (Lipinski definition) is 0. The van der Waals surface area contributed by atoms with Gasteiger partial charge in [-0.1, -0.05) is 55.8 Å². The van der Waals surface area contributed by atoms with Gasteiger partial charge in [0.15, 0.2) is 11.3 Å². The molecule has 0 aliphatic rings. The molecule has 0 saturated heterocycles. The Kier molecular flexibility index (Phi) is 4.77. The van der Waals surface area contributed by atoms with E-state index in [0.29, 0.717) is 29.0 Å². The van der Waals surface area contributed by atoms with Crippen molar-refractivity contribution in [1.82, 2.24) is 24.1 Å². The van der Waals surface area contributed by atoms with E-state index in [1.165, 1.54) is 5.56 Å². The van der Waals surface area contributed by atoms with Gasteiger partial charge < -0.3 is 4.57 Å². The van der Waals surface area contributed by atoms with Crippen LogP contribution in [0.5, 0.6) is 0 Å². The summed E-state index contributed by atoms with van der Waals surface area (Å²) in [6.45, 7) is 7.66. The van der Waals surface area contributed by atoms with Crippen LogP contribution in [0.3, 0.4) is 0 Å². The molecular formula is C25H25N5O. The summed E-state index contributed by atoms with van der Waals surface area (Å²) in [4.78, 5) is 28.0. The maximum Gasteiger partial charge on any atom is 0.265 e. The molecule has 0 N–H and O–H groups in total. The Morgan fingerprint density at radius 2 is 1.65 bits per heavy atom. The molecule has 0 aliphatic carbocycles. The monoisotopic (exact) mass is 411 g/mol. The molecule has 156 valence electrons. The third-order valence-electron chi connectivity index (χ3n) is 5.72. The Bertz CT molecular complexity index is 1460. The van der Waals surface area contributed by atoms with Gasteiger partial charge in [-0.25, -0.2) is 15.0 Å². The number of rotatable bonds is 5. The van der Waals surface area contributed by atoms with E-state index in [2.05, 4.69) is 37.5 Å². The molecule has 0 bridgehead atoms. The number of para-hydroxylation sites is 2. The normalized spacial score (nSPS) is 11.9. The lowest BCUT2D eigenvalue weighted by Crippen LogP contribution is -2.21. The van der Waals surface area contributed by atoms with Gasteiger partial charge in [-0.3, -0.25) is 9.36 Å². The van der Waals surface area contributed by atoms with Gasteiger partial charge in [0.05, 0.1) is 17.6 Å². The second-order valence-electron chi connectivity index (χ2n) is 8.58. The van der Waals surface area contributed by atoms with E-state index in [4.69, 9.17) is 15.0 Å². The molecule has 3 aromatic heterocycles. The number of aromatic nitrogens is 5. The minimum atomic E-state index is -0.0801. The predicted molar refractivity (Wildman–Crippen MR) is 124 cm³/mol. The first-order chi connectivity index (χ1) is 15.0. The van der Waals surface area contributed by atoms with Crippen LogP contribution in [-0.2, 0) is 13.1 Å². The molecule has 6 nitrogen and oxygen atoms in total. The number of fused-ring (bicyclic) bond motifs is 4. The molecule has 0 saturated carbocycles. The fraction of sp³-hybridized carbons (Fsp3) is 0.280. The van der Waals surface area contributed by atoms with E-state index in [-0.39, 0.29) is 5.56 Å². The Hall–Kier alpha value is -3.54. The second-order valence-corrected chi connectivity index (χ2v) is 8.58. The van der Waals surface area contributed by atoms with Crippen LogP contribution in [0.2, 0.25) is 0 Å². The topological polar surface area (TPSA) is 65.6 Å². The summed E-state index contributed by atoms with van der Waals surface area (Å²) in [5.74, 6) is 0.530. The summed E-state index contributed by atoms with van der Waals surface area (Å²) >= 11 is 0. The summed E-state index contributed by atoms with van der Waals surface area (Å²) in [5, 5.41) is 0.548. The van der Waals surface area contributed by atoms with E-state index in [0.717, 1.165) is 35.2 Å². The zero-order chi connectivity index (χ0) is 21.5. The molecule has 31 heavy (non-hydrogen) atoms. The van der Waals surface area contributed by atoms with Crippen LogP contribution in [0.1, 0.15) is 31.4 Å². The smallest absolute Gasteiger partial charge is 0.265 e. The molecule has 0 amide bonds. The number of aryl methyl sites for hydroxylation is 2. The van der Waals surface area contributed by atoms with E-state index < -0.39 is 0 Å².